The fourth-order valence-corrected chi connectivity index (χ4v) is 3.48. The standard InChI is InChI=1S/C18H25N5O4/c1-2-23-17-14(9-20-23)16(21-12-3-5-26-6-4-12)13(8-19-17)15-7-18(10-24,11-25)27-22-15/h7-9,12,22,24-25H,2-6,10-11H2,1H3,(H,19,21). The molecule has 0 aliphatic carbocycles. The van der Waals surface area contributed by atoms with Gasteiger partial charge in [-0.15, -0.1) is 0 Å². The highest BCUT2D eigenvalue weighted by atomic mass is 16.7. The number of pyridine rings is 1. The number of nitrogens with one attached hydrogen (secondary N) is 2. The van der Waals surface area contributed by atoms with Crippen LogP contribution in [-0.4, -0.2) is 63.0 Å². The van der Waals surface area contributed by atoms with Gasteiger partial charge in [-0.25, -0.2) is 9.67 Å². The van der Waals surface area contributed by atoms with Gasteiger partial charge in [0.05, 0.1) is 36.2 Å². The molecule has 27 heavy (non-hydrogen) atoms. The number of aliphatic hydroxyl groups is 2. The summed E-state index contributed by atoms with van der Waals surface area (Å²) < 4.78 is 7.32. The van der Waals surface area contributed by atoms with Crippen molar-refractivity contribution in [1.82, 2.24) is 20.2 Å². The first-order valence-corrected chi connectivity index (χ1v) is 9.27. The number of aliphatic hydroxyl groups excluding tert-OH is 2. The van der Waals surface area contributed by atoms with Crippen molar-refractivity contribution in [2.45, 2.75) is 38.0 Å². The molecule has 0 aromatic carbocycles. The summed E-state index contributed by atoms with van der Waals surface area (Å²) >= 11 is 0. The van der Waals surface area contributed by atoms with E-state index in [0.29, 0.717) is 5.70 Å². The highest BCUT2D eigenvalue weighted by molar-refractivity contribution is 5.95. The molecule has 0 bridgehead atoms. The van der Waals surface area contributed by atoms with E-state index in [1.54, 1.807) is 12.3 Å². The van der Waals surface area contributed by atoms with E-state index in [1.165, 1.54) is 0 Å². The molecule has 2 aromatic rings. The summed E-state index contributed by atoms with van der Waals surface area (Å²) in [4.78, 5) is 10.0. The Morgan fingerprint density at radius 3 is 2.74 bits per heavy atom. The molecule has 4 heterocycles. The molecule has 146 valence electrons. The minimum absolute atomic E-state index is 0.288. The van der Waals surface area contributed by atoms with Crippen molar-refractivity contribution in [2.24, 2.45) is 0 Å². The maximum atomic E-state index is 9.59. The normalized spacial score (nSPS) is 19.9. The lowest BCUT2D eigenvalue weighted by Crippen LogP contribution is -2.37. The van der Waals surface area contributed by atoms with Gasteiger partial charge in [0.2, 0.25) is 0 Å². The predicted octanol–water partition coefficient (Wildman–Crippen LogP) is 0.641. The fraction of sp³-hybridized carbons (Fsp3) is 0.556. The molecule has 4 rings (SSSR count). The number of aromatic nitrogens is 3. The molecule has 0 atom stereocenters. The molecule has 0 saturated carbocycles. The Morgan fingerprint density at radius 1 is 1.30 bits per heavy atom. The van der Waals surface area contributed by atoms with Gasteiger partial charge in [-0.2, -0.15) is 5.10 Å². The van der Waals surface area contributed by atoms with Crippen molar-refractivity contribution in [1.29, 1.82) is 0 Å². The second kappa shape index (κ2) is 7.43. The number of ether oxygens (including phenoxy) is 1. The lowest BCUT2D eigenvalue weighted by molar-refractivity contribution is -0.0922. The van der Waals surface area contributed by atoms with Crippen LogP contribution in [0.1, 0.15) is 25.3 Å². The van der Waals surface area contributed by atoms with E-state index in [9.17, 15) is 10.2 Å². The van der Waals surface area contributed by atoms with Gasteiger partial charge in [-0.1, -0.05) is 0 Å². The monoisotopic (exact) mass is 375 g/mol. The SMILES string of the molecule is CCn1ncc2c(NC3CCOCC3)c(C3=CC(CO)(CO)ON3)cnc21. The van der Waals surface area contributed by atoms with E-state index in [0.717, 1.165) is 54.9 Å². The number of aryl methyl sites for hydroxylation is 1. The van der Waals surface area contributed by atoms with Gasteiger partial charge in [-0.05, 0) is 25.8 Å². The van der Waals surface area contributed by atoms with Gasteiger partial charge in [0.25, 0.3) is 0 Å². The van der Waals surface area contributed by atoms with Crippen LogP contribution in [0.3, 0.4) is 0 Å². The maximum Gasteiger partial charge on any atom is 0.162 e. The maximum absolute atomic E-state index is 9.59. The first-order chi connectivity index (χ1) is 13.2. The number of hydrogen-bond donors (Lipinski definition) is 4. The third-order valence-corrected chi connectivity index (χ3v) is 5.13. The van der Waals surface area contributed by atoms with Gasteiger partial charge >= 0.3 is 0 Å². The molecular formula is C18H25N5O4. The quantitative estimate of drug-likeness (QED) is 0.582. The van der Waals surface area contributed by atoms with Crippen molar-refractivity contribution in [2.75, 3.05) is 31.7 Å². The van der Waals surface area contributed by atoms with Crippen LogP contribution in [-0.2, 0) is 16.1 Å². The van der Waals surface area contributed by atoms with E-state index >= 15 is 0 Å². The summed E-state index contributed by atoms with van der Waals surface area (Å²) in [6.45, 7) is 3.57. The number of fused-ring (bicyclic) bond motifs is 1. The summed E-state index contributed by atoms with van der Waals surface area (Å²) in [5.41, 5.74) is 4.89. The molecule has 2 aliphatic heterocycles. The van der Waals surface area contributed by atoms with Gasteiger partial charge in [0, 0.05) is 37.6 Å². The zero-order valence-electron chi connectivity index (χ0n) is 15.3. The molecule has 0 spiro atoms. The number of rotatable bonds is 6. The number of nitrogens with zero attached hydrogens (tertiary/aromatic N) is 3. The van der Waals surface area contributed by atoms with Crippen LogP contribution in [0.25, 0.3) is 16.7 Å². The van der Waals surface area contributed by atoms with Crippen LogP contribution in [0.4, 0.5) is 5.69 Å². The molecule has 2 aliphatic rings. The third kappa shape index (κ3) is 3.27. The fourth-order valence-electron chi connectivity index (χ4n) is 3.48. The molecule has 1 fully saturated rings. The largest absolute Gasteiger partial charge is 0.393 e. The Kier molecular flexibility index (Phi) is 5.00. The summed E-state index contributed by atoms with van der Waals surface area (Å²) in [7, 11) is 0. The number of hydrogen-bond acceptors (Lipinski definition) is 8. The van der Waals surface area contributed by atoms with Crippen molar-refractivity contribution in [3.05, 3.63) is 24.0 Å². The zero-order valence-corrected chi connectivity index (χ0v) is 15.3. The van der Waals surface area contributed by atoms with Gasteiger partial charge < -0.3 is 20.3 Å². The smallest absolute Gasteiger partial charge is 0.162 e. The average Bonchev–Trinajstić information content (AvgIpc) is 3.34. The van der Waals surface area contributed by atoms with Crippen molar-refractivity contribution >= 4 is 22.4 Å². The Bertz CT molecular complexity index is 840. The zero-order chi connectivity index (χ0) is 18.9. The van der Waals surface area contributed by atoms with Gasteiger partial charge in [-0.3, -0.25) is 10.3 Å². The first kappa shape index (κ1) is 18.2. The highest BCUT2D eigenvalue weighted by Crippen LogP contribution is 2.35. The second-order valence-electron chi connectivity index (χ2n) is 6.92. The molecule has 0 amide bonds. The van der Waals surface area contributed by atoms with Crippen molar-refractivity contribution in [3.63, 3.8) is 0 Å². The lowest BCUT2D eigenvalue weighted by atomic mass is 10.0. The van der Waals surface area contributed by atoms with E-state index < -0.39 is 5.60 Å². The van der Waals surface area contributed by atoms with Crippen LogP contribution in [0, 0.1) is 0 Å². The van der Waals surface area contributed by atoms with E-state index in [4.69, 9.17) is 9.57 Å². The Hall–Kier alpha value is -2.20. The van der Waals surface area contributed by atoms with Crippen LogP contribution in [0.5, 0.6) is 0 Å². The topological polar surface area (TPSA) is 114 Å². The molecule has 0 radical (unpaired) electrons. The summed E-state index contributed by atoms with van der Waals surface area (Å²) in [5.74, 6) is 0. The van der Waals surface area contributed by atoms with Gasteiger partial charge in [0.15, 0.2) is 11.2 Å². The van der Waals surface area contributed by atoms with Crippen molar-refractivity contribution < 1.29 is 19.8 Å². The Morgan fingerprint density at radius 2 is 2.07 bits per heavy atom. The minimum Gasteiger partial charge on any atom is -0.393 e. The minimum atomic E-state index is -1.15. The molecular weight excluding hydrogens is 350 g/mol. The second-order valence-corrected chi connectivity index (χ2v) is 6.92. The summed E-state index contributed by atoms with van der Waals surface area (Å²) in [6, 6.07) is 0.288. The Labute approximate surface area is 156 Å². The van der Waals surface area contributed by atoms with Crippen LogP contribution in [0.15, 0.2) is 18.5 Å². The number of anilines is 1. The molecule has 4 N–H and O–H groups in total. The lowest BCUT2D eigenvalue weighted by Gasteiger charge is -2.25. The average molecular weight is 375 g/mol. The molecule has 1 saturated heterocycles. The third-order valence-electron chi connectivity index (χ3n) is 5.13. The summed E-state index contributed by atoms with van der Waals surface area (Å²) in [6.07, 6.45) is 7.13. The van der Waals surface area contributed by atoms with Crippen LogP contribution >= 0.6 is 0 Å². The van der Waals surface area contributed by atoms with E-state index in [2.05, 4.69) is 20.9 Å². The molecule has 2 aromatic heterocycles. The summed E-state index contributed by atoms with van der Waals surface area (Å²) in [5, 5.41) is 28.2. The van der Waals surface area contributed by atoms with E-state index in [-0.39, 0.29) is 19.3 Å². The Balaban J connectivity index is 1.78. The van der Waals surface area contributed by atoms with Crippen LogP contribution < -0.4 is 10.8 Å². The highest BCUT2D eigenvalue weighted by Gasteiger charge is 2.35. The van der Waals surface area contributed by atoms with Gasteiger partial charge in [0.1, 0.15) is 0 Å². The molecule has 9 nitrogen and oxygen atoms in total. The molecule has 9 heteroatoms. The van der Waals surface area contributed by atoms with E-state index in [1.807, 2.05) is 17.8 Å². The molecule has 0 unspecified atom stereocenters. The first-order valence-electron chi connectivity index (χ1n) is 9.27. The van der Waals surface area contributed by atoms with Crippen LogP contribution in [0.2, 0.25) is 0 Å². The van der Waals surface area contributed by atoms with Crippen molar-refractivity contribution in [3.8, 4) is 0 Å². The predicted molar refractivity (Wildman–Crippen MR) is 99.8 cm³/mol. The number of hydroxylamine groups is 1.